The quantitative estimate of drug-likeness (QED) is 0.628. The van der Waals surface area contributed by atoms with Gasteiger partial charge in [0.2, 0.25) is 6.79 Å². The van der Waals surface area contributed by atoms with Crippen molar-refractivity contribution in [2.75, 3.05) is 6.79 Å². The average Bonchev–Trinajstić information content (AvgIpc) is 2.50. The summed E-state index contributed by atoms with van der Waals surface area (Å²) >= 11 is 5.63. The smallest absolute Gasteiger partial charge is 0.231 e. The molecule has 1 heterocycles. The van der Waals surface area contributed by atoms with E-state index in [1.54, 1.807) is 0 Å². The van der Waals surface area contributed by atoms with Crippen molar-refractivity contribution in [3.63, 3.8) is 0 Å². The van der Waals surface area contributed by atoms with Crippen molar-refractivity contribution in [1.29, 1.82) is 0 Å². The molecule has 0 amide bonds. The third kappa shape index (κ3) is 1.48. The van der Waals surface area contributed by atoms with Crippen molar-refractivity contribution >= 4 is 11.6 Å². The monoisotopic (exact) mass is 186 g/mol. The van der Waals surface area contributed by atoms with E-state index in [-0.39, 0.29) is 7.43 Å². The molecule has 0 saturated heterocycles. The molecule has 1 aromatic rings. The predicted molar refractivity (Wildman–Crippen MR) is 48.9 cm³/mol. The van der Waals surface area contributed by atoms with Crippen LogP contribution in [0.3, 0.4) is 0 Å². The molecule has 0 N–H and O–H groups in total. The van der Waals surface area contributed by atoms with Crippen LogP contribution in [0, 0.1) is 0 Å². The summed E-state index contributed by atoms with van der Waals surface area (Å²) in [4.78, 5) is 0. The molecule has 0 bridgehead atoms. The number of benzene rings is 1. The Bertz CT molecular complexity index is 273. The SMILES string of the molecule is C.ClCc1ccc2c(c1)OCO2. The number of hydrogen-bond acceptors (Lipinski definition) is 2. The van der Waals surface area contributed by atoms with Crippen LogP contribution in [-0.2, 0) is 5.88 Å². The molecule has 0 saturated carbocycles. The second-order valence-electron chi connectivity index (χ2n) is 2.32. The fourth-order valence-corrected chi connectivity index (χ4v) is 1.19. The van der Waals surface area contributed by atoms with Crippen LogP contribution in [0.25, 0.3) is 0 Å². The van der Waals surface area contributed by atoms with Crippen molar-refractivity contribution in [1.82, 2.24) is 0 Å². The summed E-state index contributed by atoms with van der Waals surface area (Å²) in [6.07, 6.45) is 0. The standard InChI is InChI=1S/C8H7ClO2.CH4/c9-4-6-1-2-7-8(3-6)11-5-10-7;/h1-3H,4-5H2;1H4. The summed E-state index contributed by atoms with van der Waals surface area (Å²) < 4.78 is 10.3. The average molecular weight is 187 g/mol. The fourth-order valence-electron chi connectivity index (χ4n) is 1.02. The molecular formula is C9H11ClO2. The van der Waals surface area contributed by atoms with Gasteiger partial charge in [-0.3, -0.25) is 0 Å². The highest BCUT2D eigenvalue weighted by Crippen LogP contribution is 2.32. The lowest BCUT2D eigenvalue weighted by atomic mass is 10.2. The minimum atomic E-state index is 0. The van der Waals surface area contributed by atoms with E-state index in [2.05, 4.69) is 0 Å². The van der Waals surface area contributed by atoms with E-state index in [1.165, 1.54) is 0 Å². The highest BCUT2D eigenvalue weighted by atomic mass is 35.5. The molecule has 0 atom stereocenters. The first-order valence-electron chi connectivity index (χ1n) is 3.34. The zero-order chi connectivity index (χ0) is 7.68. The highest BCUT2D eigenvalue weighted by molar-refractivity contribution is 6.17. The lowest BCUT2D eigenvalue weighted by Gasteiger charge is -1.97. The Morgan fingerprint density at radius 1 is 1.25 bits per heavy atom. The number of fused-ring (bicyclic) bond motifs is 1. The van der Waals surface area contributed by atoms with Crippen molar-refractivity contribution in [3.05, 3.63) is 23.8 Å². The number of halogens is 1. The summed E-state index contributed by atoms with van der Waals surface area (Å²) in [6, 6.07) is 5.70. The minimum Gasteiger partial charge on any atom is -0.454 e. The Morgan fingerprint density at radius 2 is 2.00 bits per heavy atom. The van der Waals surface area contributed by atoms with Gasteiger partial charge in [-0.15, -0.1) is 11.6 Å². The molecule has 0 radical (unpaired) electrons. The first-order valence-corrected chi connectivity index (χ1v) is 3.88. The molecule has 2 nitrogen and oxygen atoms in total. The van der Waals surface area contributed by atoms with Crippen LogP contribution in [0.5, 0.6) is 11.5 Å². The van der Waals surface area contributed by atoms with Crippen molar-refractivity contribution in [3.8, 4) is 11.5 Å². The van der Waals surface area contributed by atoms with Crippen LogP contribution in [-0.4, -0.2) is 6.79 Å². The zero-order valence-corrected chi connectivity index (χ0v) is 6.60. The molecular weight excluding hydrogens is 176 g/mol. The molecule has 1 aliphatic rings. The number of ether oxygens (including phenoxy) is 2. The summed E-state index contributed by atoms with van der Waals surface area (Å²) in [5.74, 6) is 2.11. The van der Waals surface area contributed by atoms with Crippen molar-refractivity contribution < 1.29 is 9.47 Å². The number of rotatable bonds is 1. The van der Waals surface area contributed by atoms with Gasteiger partial charge < -0.3 is 9.47 Å². The molecule has 0 aliphatic carbocycles. The van der Waals surface area contributed by atoms with E-state index in [0.717, 1.165) is 17.1 Å². The molecule has 66 valence electrons. The van der Waals surface area contributed by atoms with Gasteiger partial charge in [0.25, 0.3) is 0 Å². The van der Waals surface area contributed by atoms with Crippen LogP contribution < -0.4 is 9.47 Å². The molecule has 0 fully saturated rings. The van der Waals surface area contributed by atoms with Gasteiger partial charge in [0, 0.05) is 5.88 Å². The maximum Gasteiger partial charge on any atom is 0.231 e. The van der Waals surface area contributed by atoms with Gasteiger partial charge in [-0.1, -0.05) is 13.5 Å². The Labute approximate surface area is 77.1 Å². The molecule has 3 heteroatoms. The normalized spacial score (nSPS) is 12.4. The van der Waals surface area contributed by atoms with Gasteiger partial charge in [0.05, 0.1) is 0 Å². The van der Waals surface area contributed by atoms with Crippen molar-refractivity contribution in [2.24, 2.45) is 0 Å². The highest BCUT2D eigenvalue weighted by Gasteiger charge is 2.12. The van der Waals surface area contributed by atoms with Gasteiger partial charge in [-0.2, -0.15) is 0 Å². The third-order valence-electron chi connectivity index (χ3n) is 1.59. The van der Waals surface area contributed by atoms with Gasteiger partial charge in [0.1, 0.15) is 0 Å². The second kappa shape index (κ2) is 3.68. The number of alkyl halides is 1. The van der Waals surface area contributed by atoms with Gasteiger partial charge in [-0.25, -0.2) is 0 Å². The van der Waals surface area contributed by atoms with E-state index >= 15 is 0 Å². The lowest BCUT2D eigenvalue weighted by molar-refractivity contribution is 0.174. The summed E-state index contributed by atoms with van der Waals surface area (Å²) in [5, 5.41) is 0. The first kappa shape index (κ1) is 9.20. The lowest BCUT2D eigenvalue weighted by Crippen LogP contribution is -1.92. The largest absolute Gasteiger partial charge is 0.454 e. The second-order valence-corrected chi connectivity index (χ2v) is 2.59. The molecule has 0 aromatic heterocycles. The topological polar surface area (TPSA) is 18.5 Å². The third-order valence-corrected chi connectivity index (χ3v) is 1.90. The fraction of sp³-hybridized carbons (Fsp3) is 0.333. The Hall–Kier alpha value is -0.890. The maximum absolute atomic E-state index is 5.63. The predicted octanol–water partition coefficient (Wildman–Crippen LogP) is 2.79. The van der Waals surface area contributed by atoms with Crippen LogP contribution >= 0.6 is 11.6 Å². The zero-order valence-electron chi connectivity index (χ0n) is 5.84. The molecule has 1 aromatic carbocycles. The van der Waals surface area contributed by atoms with Crippen LogP contribution in [0.15, 0.2) is 18.2 Å². The van der Waals surface area contributed by atoms with E-state index in [1.807, 2.05) is 18.2 Å². The Balaban J connectivity index is 0.000000720. The van der Waals surface area contributed by atoms with Crippen LogP contribution in [0.1, 0.15) is 13.0 Å². The maximum atomic E-state index is 5.63. The molecule has 2 rings (SSSR count). The van der Waals surface area contributed by atoms with Crippen LogP contribution in [0.2, 0.25) is 0 Å². The van der Waals surface area contributed by atoms with E-state index in [9.17, 15) is 0 Å². The van der Waals surface area contributed by atoms with Crippen LogP contribution in [0.4, 0.5) is 0 Å². The van der Waals surface area contributed by atoms with Gasteiger partial charge in [-0.05, 0) is 17.7 Å². The van der Waals surface area contributed by atoms with Crippen molar-refractivity contribution in [2.45, 2.75) is 13.3 Å². The number of hydrogen-bond donors (Lipinski definition) is 0. The molecule has 1 aliphatic heterocycles. The van der Waals surface area contributed by atoms with E-state index in [4.69, 9.17) is 21.1 Å². The molecule has 0 spiro atoms. The van der Waals surface area contributed by atoms with E-state index in [0.29, 0.717) is 12.7 Å². The Morgan fingerprint density at radius 3 is 2.75 bits per heavy atom. The first-order chi connectivity index (χ1) is 5.40. The molecule has 12 heavy (non-hydrogen) atoms. The Kier molecular flexibility index (Phi) is 2.82. The summed E-state index contributed by atoms with van der Waals surface area (Å²) in [5.41, 5.74) is 1.05. The minimum absolute atomic E-state index is 0. The van der Waals surface area contributed by atoms with Gasteiger partial charge in [0.15, 0.2) is 11.5 Å². The van der Waals surface area contributed by atoms with Gasteiger partial charge >= 0.3 is 0 Å². The summed E-state index contributed by atoms with van der Waals surface area (Å²) in [6.45, 7) is 0.321. The summed E-state index contributed by atoms with van der Waals surface area (Å²) in [7, 11) is 0. The van der Waals surface area contributed by atoms with E-state index < -0.39 is 0 Å². The molecule has 0 unspecified atom stereocenters.